The second kappa shape index (κ2) is 7.98. The van der Waals surface area contributed by atoms with Crippen molar-refractivity contribution in [2.75, 3.05) is 26.0 Å². The quantitative estimate of drug-likeness (QED) is 0.699. The smallest absolute Gasteiger partial charge is 0.246 e. The molecule has 142 valence electrons. The van der Waals surface area contributed by atoms with E-state index < -0.39 is 15.8 Å². The Morgan fingerprint density at radius 2 is 2.08 bits per heavy atom. The molecule has 0 amide bonds. The molecule has 0 radical (unpaired) electrons. The van der Waals surface area contributed by atoms with Crippen LogP contribution in [0.3, 0.4) is 0 Å². The molecule has 6 nitrogen and oxygen atoms in total. The van der Waals surface area contributed by atoms with E-state index in [-0.39, 0.29) is 10.6 Å². The number of aromatic nitrogens is 2. The van der Waals surface area contributed by atoms with Crippen LogP contribution in [0, 0.1) is 11.7 Å². The van der Waals surface area contributed by atoms with E-state index in [4.69, 9.17) is 4.74 Å². The van der Waals surface area contributed by atoms with Gasteiger partial charge in [0.05, 0.1) is 7.11 Å². The van der Waals surface area contributed by atoms with Crippen LogP contribution in [-0.2, 0) is 17.1 Å². The second-order valence-electron chi connectivity index (χ2n) is 6.27. The predicted molar refractivity (Wildman–Crippen MR) is 98.4 cm³/mol. The summed E-state index contributed by atoms with van der Waals surface area (Å²) in [6.07, 6.45) is 5.22. The number of sulfonamides is 1. The number of imidazole rings is 1. The van der Waals surface area contributed by atoms with Crippen LogP contribution in [0.4, 0.5) is 4.39 Å². The highest BCUT2D eigenvalue weighted by atomic mass is 32.2. The largest absolute Gasteiger partial charge is 0.495 e. The normalized spacial score (nSPS) is 16.7. The summed E-state index contributed by atoms with van der Waals surface area (Å²) >= 11 is 1.69. The number of hydrogen-bond acceptors (Lipinski definition) is 5. The Balaban J connectivity index is 1.64. The van der Waals surface area contributed by atoms with Crippen molar-refractivity contribution in [1.29, 1.82) is 0 Å². The van der Waals surface area contributed by atoms with E-state index in [1.54, 1.807) is 18.0 Å². The first-order chi connectivity index (χ1) is 12.4. The molecular formula is C17H22FN3O3S2. The SMILES string of the molecule is COc1ccc(F)cc1S(=O)(=O)N1CCC(CSc2nccn2C)CC1. The number of rotatable bonds is 6. The Morgan fingerprint density at radius 1 is 1.35 bits per heavy atom. The Morgan fingerprint density at radius 3 is 2.69 bits per heavy atom. The number of benzene rings is 1. The zero-order valence-electron chi connectivity index (χ0n) is 14.8. The zero-order chi connectivity index (χ0) is 18.7. The van der Waals surface area contributed by atoms with Crippen molar-refractivity contribution in [3.05, 3.63) is 36.4 Å². The van der Waals surface area contributed by atoms with Gasteiger partial charge in [-0.25, -0.2) is 17.8 Å². The van der Waals surface area contributed by atoms with E-state index in [0.717, 1.165) is 29.8 Å². The van der Waals surface area contributed by atoms with Gasteiger partial charge in [0.2, 0.25) is 10.0 Å². The minimum atomic E-state index is -3.77. The highest BCUT2D eigenvalue weighted by Gasteiger charge is 2.32. The molecule has 1 fully saturated rings. The van der Waals surface area contributed by atoms with E-state index in [9.17, 15) is 12.8 Å². The van der Waals surface area contributed by atoms with Gasteiger partial charge in [0, 0.05) is 38.3 Å². The first-order valence-corrected chi connectivity index (χ1v) is 10.8. The molecule has 9 heteroatoms. The summed E-state index contributed by atoms with van der Waals surface area (Å²) in [4.78, 5) is 4.18. The number of nitrogens with zero attached hydrogens (tertiary/aromatic N) is 3. The van der Waals surface area contributed by atoms with Crippen molar-refractivity contribution >= 4 is 21.8 Å². The maximum Gasteiger partial charge on any atom is 0.246 e. The topological polar surface area (TPSA) is 64.4 Å². The van der Waals surface area contributed by atoms with Crippen LogP contribution in [0.5, 0.6) is 5.75 Å². The molecule has 0 aliphatic carbocycles. The number of hydrogen-bond donors (Lipinski definition) is 0. The van der Waals surface area contributed by atoms with Gasteiger partial charge >= 0.3 is 0 Å². The van der Waals surface area contributed by atoms with Crippen molar-refractivity contribution in [2.45, 2.75) is 22.9 Å². The molecule has 1 saturated heterocycles. The van der Waals surface area contributed by atoms with Gasteiger partial charge in [-0.1, -0.05) is 11.8 Å². The average Bonchev–Trinajstić information content (AvgIpc) is 3.05. The van der Waals surface area contributed by atoms with Crippen LogP contribution in [0.25, 0.3) is 0 Å². The molecule has 0 N–H and O–H groups in total. The Labute approximate surface area is 157 Å². The Bertz CT molecular complexity index is 862. The summed E-state index contributed by atoms with van der Waals surface area (Å²) in [6.45, 7) is 0.849. The first kappa shape index (κ1) is 19.2. The molecule has 0 spiro atoms. The number of piperidine rings is 1. The number of thioether (sulfide) groups is 1. The summed E-state index contributed by atoms with van der Waals surface area (Å²) in [5, 5.41) is 0.963. The van der Waals surface area contributed by atoms with Gasteiger partial charge in [0.15, 0.2) is 5.16 Å². The molecular weight excluding hydrogens is 377 g/mol. The lowest BCUT2D eigenvalue weighted by atomic mass is 10.0. The molecule has 1 aromatic heterocycles. The summed E-state index contributed by atoms with van der Waals surface area (Å²) < 4.78 is 47.8. The molecule has 3 rings (SSSR count). The second-order valence-corrected chi connectivity index (χ2v) is 9.17. The van der Waals surface area contributed by atoms with Gasteiger partial charge < -0.3 is 9.30 Å². The first-order valence-electron chi connectivity index (χ1n) is 8.35. The lowest BCUT2D eigenvalue weighted by Gasteiger charge is -2.31. The van der Waals surface area contributed by atoms with Gasteiger partial charge in [-0.2, -0.15) is 4.31 Å². The monoisotopic (exact) mass is 399 g/mol. The lowest BCUT2D eigenvalue weighted by Crippen LogP contribution is -2.39. The molecule has 26 heavy (non-hydrogen) atoms. The third kappa shape index (κ3) is 4.05. The maximum absolute atomic E-state index is 13.6. The Kier molecular flexibility index (Phi) is 5.89. The Hall–Kier alpha value is -1.58. The molecule has 2 heterocycles. The highest BCUT2D eigenvalue weighted by molar-refractivity contribution is 7.99. The van der Waals surface area contributed by atoms with Crippen molar-refractivity contribution in [1.82, 2.24) is 13.9 Å². The minimum absolute atomic E-state index is 0.110. The molecule has 2 aromatic rings. The molecule has 0 unspecified atom stereocenters. The van der Waals surface area contributed by atoms with E-state index in [1.165, 1.54) is 23.5 Å². The van der Waals surface area contributed by atoms with Gasteiger partial charge in [0.1, 0.15) is 16.5 Å². The third-order valence-electron chi connectivity index (χ3n) is 4.54. The zero-order valence-corrected chi connectivity index (χ0v) is 16.4. The number of methoxy groups -OCH3 is 1. The fourth-order valence-electron chi connectivity index (χ4n) is 2.99. The van der Waals surface area contributed by atoms with Crippen LogP contribution in [-0.4, -0.2) is 48.2 Å². The lowest BCUT2D eigenvalue weighted by molar-refractivity contribution is 0.289. The van der Waals surface area contributed by atoms with Crippen LogP contribution in [0.1, 0.15) is 12.8 Å². The molecule has 0 bridgehead atoms. The van der Waals surface area contributed by atoms with Gasteiger partial charge in [-0.05, 0) is 37.0 Å². The van der Waals surface area contributed by atoms with Crippen molar-refractivity contribution in [2.24, 2.45) is 13.0 Å². The maximum atomic E-state index is 13.6. The fourth-order valence-corrected chi connectivity index (χ4v) is 5.75. The van der Waals surface area contributed by atoms with E-state index in [1.807, 2.05) is 17.8 Å². The number of halogens is 1. The summed E-state index contributed by atoms with van der Waals surface area (Å²) in [5.74, 6) is 0.907. The number of ether oxygens (including phenoxy) is 1. The average molecular weight is 400 g/mol. The van der Waals surface area contributed by atoms with Gasteiger partial charge in [0.25, 0.3) is 0 Å². The standard InChI is InChI=1S/C17H22FN3O3S2/c1-20-10-7-19-17(20)25-12-13-5-8-21(9-6-13)26(22,23)16-11-14(18)3-4-15(16)24-2/h3-4,7,10-11,13H,5-6,8-9,12H2,1-2H3. The summed E-state index contributed by atoms with van der Waals surface area (Å²) in [5.41, 5.74) is 0. The molecule has 1 aliphatic heterocycles. The van der Waals surface area contributed by atoms with Crippen LogP contribution >= 0.6 is 11.8 Å². The molecule has 0 atom stereocenters. The third-order valence-corrected chi connectivity index (χ3v) is 7.75. The van der Waals surface area contributed by atoms with Crippen LogP contribution in [0.15, 0.2) is 40.6 Å². The van der Waals surface area contributed by atoms with Crippen molar-refractivity contribution in [3.8, 4) is 5.75 Å². The number of aryl methyl sites for hydroxylation is 1. The molecule has 1 aliphatic rings. The van der Waals surface area contributed by atoms with Crippen molar-refractivity contribution in [3.63, 3.8) is 0 Å². The predicted octanol–water partition coefficient (Wildman–Crippen LogP) is 2.76. The van der Waals surface area contributed by atoms with Gasteiger partial charge in [-0.3, -0.25) is 0 Å². The van der Waals surface area contributed by atoms with Crippen LogP contribution in [0.2, 0.25) is 0 Å². The molecule has 1 aromatic carbocycles. The summed E-state index contributed by atoms with van der Waals surface area (Å²) in [6, 6.07) is 3.56. The minimum Gasteiger partial charge on any atom is -0.495 e. The highest BCUT2D eigenvalue weighted by Crippen LogP contribution is 2.31. The van der Waals surface area contributed by atoms with Gasteiger partial charge in [-0.15, -0.1) is 0 Å². The fraction of sp³-hybridized carbons (Fsp3) is 0.471. The van der Waals surface area contributed by atoms with E-state index in [2.05, 4.69) is 4.98 Å². The van der Waals surface area contributed by atoms with E-state index >= 15 is 0 Å². The summed E-state index contributed by atoms with van der Waals surface area (Å²) in [7, 11) is -0.433. The van der Waals surface area contributed by atoms with Crippen molar-refractivity contribution < 1.29 is 17.5 Å². The van der Waals surface area contributed by atoms with Crippen LogP contribution < -0.4 is 4.74 Å². The molecule has 0 saturated carbocycles. The van der Waals surface area contributed by atoms with E-state index in [0.29, 0.717) is 19.0 Å².